The van der Waals surface area contributed by atoms with Crippen LogP contribution in [-0.4, -0.2) is 40.8 Å². The molecule has 1 unspecified atom stereocenters. The number of rotatable bonds is 7. The third kappa shape index (κ3) is 4.53. The van der Waals surface area contributed by atoms with E-state index in [0.717, 1.165) is 33.7 Å². The number of amides is 1. The molecule has 37 heavy (non-hydrogen) atoms. The number of aromatic amines is 1. The lowest BCUT2D eigenvalue weighted by Crippen LogP contribution is -2.44. The van der Waals surface area contributed by atoms with Crippen LogP contribution in [0, 0.1) is 0 Å². The van der Waals surface area contributed by atoms with Gasteiger partial charge in [-0.3, -0.25) is 9.89 Å². The number of aromatic nitrogens is 2. The van der Waals surface area contributed by atoms with Gasteiger partial charge in [0.25, 0.3) is 5.91 Å². The average Bonchev–Trinajstić information content (AvgIpc) is 3.47. The Balaban J connectivity index is 1.56. The van der Waals surface area contributed by atoms with Crippen molar-refractivity contribution in [3.63, 3.8) is 0 Å². The number of carbonyl (C=O) groups excluding carboxylic acids is 1. The molecule has 2 heterocycles. The zero-order valence-corrected chi connectivity index (χ0v) is 21.7. The fraction of sp³-hybridized carbons (Fsp3) is 0.267. The molecule has 7 heteroatoms. The van der Waals surface area contributed by atoms with Gasteiger partial charge in [0.05, 0.1) is 26.0 Å². The summed E-state index contributed by atoms with van der Waals surface area (Å²) in [5, 5.41) is 7.58. The number of hydrogen-bond donors (Lipinski definition) is 1. The second-order valence-electron chi connectivity index (χ2n) is 10.0. The van der Waals surface area contributed by atoms with Gasteiger partial charge in [0, 0.05) is 16.7 Å². The topological polar surface area (TPSA) is 76.7 Å². The number of fused-ring (bicyclic) bond motifs is 1. The largest absolute Gasteiger partial charge is 0.497 e. The molecule has 5 rings (SSSR count). The summed E-state index contributed by atoms with van der Waals surface area (Å²) in [5.41, 5.74) is 4.56. The second kappa shape index (κ2) is 9.65. The Labute approximate surface area is 217 Å². The van der Waals surface area contributed by atoms with Gasteiger partial charge >= 0.3 is 0 Å². The van der Waals surface area contributed by atoms with E-state index in [0.29, 0.717) is 23.8 Å². The molecule has 0 spiro atoms. The van der Waals surface area contributed by atoms with E-state index >= 15 is 0 Å². The van der Waals surface area contributed by atoms with Crippen LogP contribution in [-0.2, 0) is 6.61 Å². The number of benzene rings is 3. The van der Waals surface area contributed by atoms with Crippen molar-refractivity contribution in [3.8, 4) is 28.5 Å². The molecular formula is C30H31N3O4. The fourth-order valence-corrected chi connectivity index (χ4v) is 4.83. The maximum atomic E-state index is 13.6. The number of nitrogens with zero attached hydrogens (tertiary/aromatic N) is 2. The van der Waals surface area contributed by atoms with Gasteiger partial charge in [-0.1, -0.05) is 36.4 Å². The van der Waals surface area contributed by atoms with Crippen LogP contribution in [0.1, 0.15) is 54.0 Å². The van der Waals surface area contributed by atoms with Crippen LogP contribution in [0.3, 0.4) is 0 Å². The molecule has 0 radical (unpaired) electrons. The zero-order chi connectivity index (χ0) is 26.2. The third-order valence-electron chi connectivity index (χ3n) is 6.60. The summed E-state index contributed by atoms with van der Waals surface area (Å²) in [7, 11) is 3.26. The van der Waals surface area contributed by atoms with Crippen LogP contribution < -0.4 is 14.2 Å². The molecule has 0 saturated carbocycles. The van der Waals surface area contributed by atoms with Gasteiger partial charge < -0.3 is 19.1 Å². The van der Waals surface area contributed by atoms with E-state index in [4.69, 9.17) is 14.2 Å². The minimum Gasteiger partial charge on any atom is -0.497 e. The highest BCUT2D eigenvalue weighted by molar-refractivity contribution is 6.00. The Kier molecular flexibility index (Phi) is 6.38. The molecule has 1 aromatic heterocycles. The van der Waals surface area contributed by atoms with E-state index in [2.05, 4.69) is 10.2 Å². The molecule has 1 N–H and O–H groups in total. The monoisotopic (exact) mass is 497 g/mol. The minimum absolute atomic E-state index is 0.0804. The van der Waals surface area contributed by atoms with Crippen molar-refractivity contribution in [2.45, 2.75) is 39.0 Å². The molecular weight excluding hydrogens is 466 g/mol. The van der Waals surface area contributed by atoms with Gasteiger partial charge in [-0.2, -0.15) is 5.10 Å². The van der Waals surface area contributed by atoms with E-state index in [9.17, 15) is 4.79 Å². The van der Waals surface area contributed by atoms with Crippen LogP contribution in [0.2, 0.25) is 0 Å². The predicted molar refractivity (Wildman–Crippen MR) is 142 cm³/mol. The minimum atomic E-state index is -0.436. The smallest absolute Gasteiger partial charge is 0.273 e. The first-order valence-corrected chi connectivity index (χ1v) is 12.2. The first kappa shape index (κ1) is 24.4. The molecule has 0 bridgehead atoms. The summed E-state index contributed by atoms with van der Waals surface area (Å²) >= 11 is 0. The highest BCUT2D eigenvalue weighted by Gasteiger charge is 2.46. The number of methoxy groups -OCH3 is 2. The Morgan fingerprint density at radius 3 is 2.30 bits per heavy atom. The third-order valence-corrected chi connectivity index (χ3v) is 6.60. The van der Waals surface area contributed by atoms with E-state index in [1.54, 1.807) is 14.2 Å². The second-order valence-corrected chi connectivity index (χ2v) is 10.0. The lowest BCUT2D eigenvalue weighted by Gasteiger charge is -2.38. The van der Waals surface area contributed by atoms with Gasteiger partial charge in [0.15, 0.2) is 11.5 Å². The van der Waals surface area contributed by atoms with Crippen LogP contribution in [0.25, 0.3) is 11.3 Å². The zero-order valence-electron chi connectivity index (χ0n) is 21.7. The molecule has 3 aromatic carbocycles. The fourth-order valence-electron chi connectivity index (χ4n) is 4.83. The molecule has 1 aliphatic rings. The molecule has 1 aliphatic heterocycles. The van der Waals surface area contributed by atoms with Crippen molar-refractivity contribution < 1.29 is 19.0 Å². The van der Waals surface area contributed by atoms with Crippen LogP contribution in [0.5, 0.6) is 17.2 Å². The standard InChI is InChI=1S/C30H31N3O4/c1-30(2,3)33-28(21-13-16-23(24(17-21)36-5)37-18-19-9-7-6-8-10-19)25-26(31-32-27(25)29(33)34)20-11-14-22(35-4)15-12-20/h6-17,28H,18H2,1-5H3,(H,31,32). The molecule has 0 saturated heterocycles. The van der Waals surface area contributed by atoms with Gasteiger partial charge in [0.2, 0.25) is 0 Å². The summed E-state index contributed by atoms with van der Waals surface area (Å²) in [4.78, 5) is 15.5. The van der Waals surface area contributed by atoms with Crippen molar-refractivity contribution in [1.82, 2.24) is 15.1 Å². The number of hydrogen-bond acceptors (Lipinski definition) is 5. The highest BCUT2D eigenvalue weighted by atomic mass is 16.5. The number of carbonyl (C=O) groups is 1. The molecule has 0 aliphatic carbocycles. The van der Waals surface area contributed by atoms with E-state index in [1.807, 2.05) is 98.5 Å². The van der Waals surface area contributed by atoms with Crippen molar-refractivity contribution in [1.29, 1.82) is 0 Å². The van der Waals surface area contributed by atoms with Gasteiger partial charge in [-0.25, -0.2) is 0 Å². The van der Waals surface area contributed by atoms with Crippen LogP contribution in [0.15, 0.2) is 72.8 Å². The van der Waals surface area contributed by atoms with Crippen LogP contribution >= 0.6 is 0 Å². The Morgan fingerprint density at radius 1 is 0.919 bits per heavy atom. The lowest BCUT2D eigenvalue weighted by molar-refractivity contribution is 0.0545. The number of ether oxygens (including phenoxy) is 3. The van der Waals surface area contributed by atoms with Crippen molar-refractivity contribution in [2.75, 3.05) is 14.2 Å². The van der Waals surface area contributed by atoms with Crippen LogP contribution in [0.4, 0.5) is 0 Å². The summed E-state index contributed by atoms with van der Waals surface area (Å²) in [5.74, 6) is 1.93. The Morgan fingerprint density at radius 2 is 1.65 bits per heavy atom. The number of H-pyrrole nitrogens is 1. The highest BCUT2D eigenvalue weighted by Crippen LogP contribution is 2.47. The van der Waals surface area contributed by atoms with E-state index in [-0.39, 0.29) is 11.9 Å². The molecule has 1 atom stereocenters. The normalized spacial score (nSPS) is 15.0. The maximum absolute atomic E-state index is 13.6. The molecule has 4 aromatic rings. The summed E-state index contributed by atoms with van der Waals surface area (Å²) in [6, 6.07) is 23.2. The van der Waals surface area contributed by atoms with Gasteiger partial charge in [0.1, 0.15) is 18.1 Å². The van der Waals surface area contributed by atoms with Crippen molar-refractivity contribution in [2.24, 2.45) is 0 Å². The number of nitrogens with one attached hydrogen (secondary N) is 1. The van der Waals surface area contributed by atoms with Crippen molar-refractivity contribution >= 4 is 5.91 Å². The molecule has 1 amide bonds. The Hall–Kier alpha value is -4.26. The predicted octanol–water partition coefficient (Wildman–Crippen LogP) is 6.02. The summed E-state index contributed by atoms with van der Waals surface area (Å²) in [6.07, 6.45) is 0. The molecule has 0 fully saturated rings. The quantitative estimate of drug-likeness (QED) is 0.338. The van der Waals surface area contributed by atoms with Crippen molar-refractivity contribution in [3.05, 3.63) is 95.2 Å². The average molecular weight is 498 g/mol. The van der Waals surface area contributed by atoms with Gasteiger partial charge in [-0.05, 0) is 68.3 Å². The SMILES string of the molecule is COc1ccc(-c2n[nH]c3c2C(c2ccc(OCc4ccccc4)c(OC)c2)N(C(C)(C)C)C3=O)cc1. The molecule has 190 valence electrons. The lowest BCUT2D eigenvalue weighted by atomic mass is 9.93. The first-order valence-electron chi connectivity index (χ1n) is 12.2. The maximum Gasteiger partial charge on any atom is 0.273 e. The summed E-state index contributed by atoms with van der Waals surface area (Å²) < 4.78 is 17.1. The summed E-state index contributed by atoms with van der Waals surface area (Å²) in [6.45, 7) is 6.55. The Bertz CT molecular complexity index is 1410. The van der Waals surface area contributed by atoms with E-state index in [1.165, 1.54) is 0 Å². The van der Waals surface area contributed by atoms with E-state index < -0.39 is 5.54 Å². The molecule has 7 nitrogen and oxygen atoms in total. The first-order chi connectivity index (χ1) is 17.8. The van der Waals surface area contributed by atoms with Gasteiger partial charge in [-0.15, -0.1) is 0 Å².